The van der Waals surface area contributed by atoms with E-state index in [-0.39, 0.29) is 17.5 Å². The van der Waals surface area contributed by atoms with Crippen molar-refractivity contribution in [2.24, 2.45) is 5.73 Å². The summed E-state index contributed by atoms with van der Waals surface area (Å²) < 4.78 is 13.4. The van der Waals surface area contributed by atoms with Gasteiger partial charge in [-0.05, 0) is 18.2 Å². The number of rotatable bonds is 5. The predicted molar refractivity (Wildman–Crippen MR) is 87.1 cm³/mol. The molecule has 0 saturated heterocycles. The van der Waals surface area contributed by atoms with E-state index in [0.717, 1.165) is 11.1 Å². The maximum atomic E-state index is 13.4. The first-order valence-corrected chi connectivity index (χ1v) is 7.77. The Kier molecular flexibility index (Phi) is 5.28. The van der Waals surface area contributed by atoms with E-state index in [9.17, 15) is 14.0 Å². The van der Waals surface area contributed by atoms with E-state index in [4.69, 9.17) is 5.73 Å². The average molecular weight is 336 g/mol. The van der Waals surface area contributed by atoms with Gasteiger partial charge in [0.25, 0.3) is 5.91 Å². The molecule has 1 atom stereocenters. The van der Waals surface area contributed by atoms with E-state index >= 15 is 0 Å². The van der Waals surface area contributed by atoms with Crippen molar-refractivity contribution in [2.45, 2.75) is 12.8 Å². The number of halogens is 1. The summed E-state index contributed by atoms with van der Waals surface area (Å²) in [6.45, 7) is 2.45. The van der Waals surface area contributed by atoms with Crippen LogP contribution in [0.25, 0.3) is 0 Å². The fraction of sp³-hybridized carbons (Fsp3) is 0.267. The zero-order valence-electron chi connectivity index (χ0n) is 12.7. The van der Waals surface area contributed by atoms with Crippen LogP contribution >= 0.6 is 11.3 Å². The van der Waals surface area contributed by atoms with Gasteiger partial charge in [-0.1, -0.05) is 6.92 Å². The first kappa shape index (κ1) is 16.9. The topological polar surface area (TPSA) is 88.3 Å². The minimum Gasteiger partial charge on any atom is -0.366 e. The molecule has 0 bridgehead atoms. The molecule has 8 heteroatoms. The third-order valence-electron chi connectivity index (χ3n) is 3.25. The molecule has 3 amide bonds. The number of aromatic nitrogens is 1. The van der Waals surface area contributed by atoms with Crippen LogP contribution in [0.5, 0.6) is 0 Å². The molecule has 0 aliphatic heterocycles. The van der Waals surface area contributed by atoms with Crippen LogP contribution in [0.4, 0.5) is 14.9 Å². The second kappa shape index (κ2) is 7.19. The van der Waals surface area contributed by atoms with Crippen molar-refractivity contribution in [2.75, 3.05) is 18.9 Å². The molecule has 1 heterocycles. The molecular formula is C15H17FN4O2S. The third-order valence-corrected chi connectivity index (χ3v) is 4.26. The Morgan fingerprint density at radius 2 is 2.22 bits per heavy atom. The molecule has 3 N–H and O–H groups in total. The summed E-state index contributed by atoms with van der Waals surface area (Å²) in [5.41, 5.74) is 5.13. The van der Waals surface area contributed by atoms with E-state index in [1.807, 2.05) is 12.3 Å². The SMILES string of the molecule is CC(CN(C)C(=O)Nc1ccc(F)c(C(N)=O)c1)c1nccs1. The predicted octanol–water partition coefficient (Wildman–Crippen LogP) is 2.65. The number of thiazole rings is 1. The summed E-state index contributed by atoms with van der Waals surface area (Å²) in [6, 6.07) is 3.31. The Balaban J connectivity index is 2.01. The van der Waals surface area contributed by atoms with Gasteiger partial charge in [-0.15, -0.1) is 11.3 Å². The number of nitrogens with one attached hydrogen (secondary N) is 1. The zero-order chi connectivity index (χ0) is 17.0. The van der Waals surface area contributed by atoms with Crippen molar-refractivity contribution in [3.8, 4) is 0 Å². The second-order valence-corrected chi connectivity index (χ2v) is 6.07. The summed E-state index contributed by atoms with van der Waals surface area (Å²) >= 11 is 1.53. The molecule has 23 heavy (non-hydrogen) atoms. The molecule has 2 rings (SSSR count). The van der Waals surface area contributed by atoms with Gasteiger partial charge in [0.05, 0.1) is 10.6 Å². The minimum absolute atomic E-state index is 0.0974. The fourth-order valence-corrected chi connectivity index (χ4v) is 2.75. The number of benzene rings is 1. The van der Waals surface area contributed by atoms with Crippen LogP contribution in [0, 0.1) is 5.82 Å². The maximum absolute atomic E-state index is 13.4. The van der Waals surface area contributed by atoms with E-state index in [0.29, 0.717) is 12.2 Å². The Morgan fingerprint density at radius 1 is 1.48 bits per heavy atom. The number of likely N-dealkylation sites (N-methyl/N-ethyl adjacent to an activating group) is 1. The van der Waals surface area contributed by atoms with Gasteiger partial charge in [0, 0.05) is 36.8 Å². The summed E-state index contributed by atoms with van der Waals surface area (Å²) in [5, 5.41) is 5.44. The molecule has 0 saturated carbocycles. The molecule has 1 unspecified atom stereocenters. The molecule has 1 aromatic heterocycles. The number of urea groups is 1. The van der Waals surface area contributed by atoms with E-state index in [1.165, 1.54) is 28.4 Å². The summed E-state index contributed by atoms with van der Waals surface area (Å²) in [4.78, 5) is 29.0. The van der Waals surface area contributed by atoms with Crippen molar-refractivity contribution >= 4 is 29.0 Å². The standard InChI is InChI=1S/C15H17FN4O2S/c1-9(14-18-5-6-23-14)8-20(2)15(22)19-10-3-4-12(16)11(7-10)13(17)21/h3-7,9H,8H2,1-2H3,(H2,17,21)(H,19,22). The van der Waals surface area contributed by atoms with Gasteiger partial charge in [-0.2, -0.15) is 0 Å². The van der Waals surface area contributed by atoms with Crippen LogP contribution in [0.3, 0.4) is 0 Å². The van der Waals surface area contributed by atoms with Crippen LogP contribution in [-0.2, 0) is 0 Å². The number of hydrogen-bond donors (Lipinski definition) is 2. The Morgan fingerprint density at radius 3 is 2.83 bits per heavy atom. The molecule has 6 nitrogen and oxygen atoms in total. The zero-order valence-corrected chi connectivity index (χ0v) is 13.6. The fourth-order valence-electron chi connectivity index (χ4n) is 2.06. The van der Waals surface area contributed by atoms with Gasteiger partial charge >= 0.3 is 6.03 Å². The first-order chi connectivity index (χ1) is 10.9. The van der Waals surface area contributed by atoms with Gasteiger partial charge < -0.3 is 16.0 Å². The number of carbonyl (C=O) groups is 2. The molecule has 1 aromatic carbocycles. The molecule has 0 aliphatic carbocycles. The van der Waals surface area contributed by atoms with Crippen LogP contribution in [0.1, 0.15) is 28.2 Å². The van der Waals surface area contributed by atoms with Crippen LogP contribution in [0.2, 0.25) is 0 Å². The van der Waals surface area contributed by atoms with Crippen molar-refractivity contribution < 1.29 is 14.0 Å². The number of primary amides is 1. The Labute approximate surface area is 137 Å². The number of hydrogen-bond acceptors (Lipinski definition) is 4. The van der Waals surface area contributed by atoms with Gasteiger partial charge in [-0.3, -0.25) is 4.79 Å². The van der Waals surface area contributed by atoms with Crippen molar-refractivity contribution in [3.63, 3.8) is 0 Å². The van der Waals surface area contributed by atoms with Gasteiger partial charge in [0.2, 0.25) is 0 Å². The molecule has 0 fully saturated rings. The number of nitrogens with zero attached hydrogens (tertiary/aromatic N) is 2. The molecule has 0 radical (unpaired) electrons. The lowest BCUT2D eigenvalue weighted by atomic mass is 10.1. The van der Waals surface area contributed by atoms with Crippen LogP contribution in [-0.4, -0.2) is 35.4 Å². The third kappa shape index (κ3) is 4.26. The summed E-state index contributed by atoms with van der Waals surface area (Å²) in [5.74, 6) is -1.51. The lowest BCUT2D eigenvalue weighted by Gasteiger charge is -2.21. The van der Waals surface area contributed by atoms with Crippen molar-refractivity contribution in [3.05, 3.63) is 46.2 Å². The largest absolute Gasteiger partial charge is 0.366 e. The summed E-state index contributed by atoms with van der Waals surface area (Å²) in [7, 11) is 1.65. The normalized spacial score (nSPS) is 11.8. The van der Waals surface area contributed by atoms with E-state index in [2.05, 4.69) is 10.3 Å². The molecule has 0 spiro atoms. The Bertz CT molecular complexity index is 706. The highest BCUT2D eigenvalue weighted by Gasteiger charge is 2.16. The van der Waals surface area contributed by atoms with Crippen LogP contribution < -0.4 is 11.1 Å². The average Bonchev–Trinajstić information content (AvgIpc) is 3.03. The second-order valence-electron chi connectivity index (χ2n) is 5.14. The highest BCUT2D eigenvalue weighted by atomic mass is 32.1. The van der Waals surface area contributed by atoms with Crippen LogP contribution in [0.15, 0.2) is 29.8 Å². The minimum atomic E-state index is -0.885. The van der Waals surface area contributed by atoms with E-state index < -0.39 is 11.7 Å². The first-order valence-electron chi connectivity index (χ1n) is 6.89. The molecule has 2 aromatic rings. The number of carbonyl (C=O) groups excluding carboxylic acids is 2. The molecule has 122 valence electrons. The quantitative estimate of drug-likeness (QED) is 0.880. The van der Waals surface area contributed by atoms with Gasteiger partial charge in [-0.25, -0.2) is 14.2 Å². The lowest BCUT2D eigenvalue weighted by Crippen LogP contribution is -2.34. The Hall–Kier alpha value is -2.48. The smallest absolute Gasteiger partial charge is 0.321 e. The van der Waals surface area contributed by atoms with Crippen molar-refractivity contribution in [1.82, 2.24) is 9.88 Å². The number of nitrogens with two attached hydrogens (primary N) is 1. The maximum Gasteiger partial charge on any atom is 0.321 e. The van der Waals surface area contributed by atoms with E-state index in [1.54, 1.807) is 13.2 Å². The molecule has 0 aliphatic rings. The van der Waals surface area contributed by atoms with Crippen molar-refractivity contribution in [1.29, 1.82) is 0 Å². The monoisotopic (exact) mass is 336 g/mol. The molecular weight excluding hydrogens is 319 g/mol. The number of amides is 3. The summed E-state index contributed by atoms with van der Waals surface area (Å²) in [6.07, 6.45) is 1.72. The highest BCUT2D eigenvalue weighted by Crippen LogP contribution is 2.19. The highest BCUT2D eigenvalue weighted by molar-refractivity contribution is 7.09. The lowest BCUT2D eigenvalue weighted by molar-refractivity contribution is 0.0996. The van der Waals surface area contributed by atoms with Gasteiger partial charge in [0.1, 0.15) is 5.82 Å². The van der Waals surface area contributed by atoms with Gasteiger partial charge in [0.15, 0.2) is 0 Å². The number of anilines is 1.